The van der Waals surface area contributed by atoms with Gasteiger partial charge in [0.05, 0.1) is 24.3 Å². The number of imide groups is 1. The highest BCUT2D eigenvalue weighted by Crippen LogP contribution is 2.34. The summed E-state index contributed by atoms with van der Waals surface area (Å²) in [7, 11) is 3.11. The first-order chi connectivity index (χ1) is 12.9. The zero-order chi connectivity index (χ0) is 19.6. The van der Waals surface area contributed by atoms with Gasteiger partial charge in [-0.05, 0) is 64.1 Å². The molecule has 27 heavy (non-hydrogen) atoms. The van der Waals surface area contributed by atoms with Crippen molar-refractivity contribution in [1.82, 2.24) is 10.2 Å². The van der Waals surface area contributed by atoms with Crippen LogP contribution >= 0.6 is 34.2 Å². The number of hydrogen-bond acceptors (Lipinski definition) is 4. The first kappa shape index (κ1) is 19.5. The molecule has 0 atom stereocenters. The van der Waals surface area contributed by atoms with Gasteiger partial charge in [-0.2, -0.15) is 0 Å². The summed E-state index contributed by atoms with van der Waals surface area (Å²) in [4.78, 5) is 26.0. The third-order valence-electron chi connectivity index (χ3n) is 3.98. The van der Waals surface area contributed by atoms with Gasteiger partial charge >= 0.3 is 6.03 Å². The van der Waals surface area contributed by atoms with Crippen molar-refractivity contribution in [3.63, 3.8) is 0 Å². The van der Waals surface area contributed by atoms with E-state index in [0.29, 0.717) is 22.1 Å². The number of ether oxygens (including phenoxy) is 2. The minimum atomic E-state index is -0.462. The van der Waals surface area contributed by atoms with E-state index in [2.05, 4.69) is 27.9 Å². The van der Waals surface area contributed by atoms with Crippen LogP contribution in [-0.4, -0.2) is 31.1 Å². The number of nitrogens with one attached hydrogen (secondary N) is 1. The molecule has 1 saturated heterocycles. The topological polar surface area (TPSA) is 67.9 Å². The van der Waals surface area contributed by atoms with Crippen LogP contribution in [0.5, 0.6) is 11.5 Å². The molecule has 6 nitrogen and oxygen atoms in total. The fourth-order valence-electron chi connectivity index (χ4n) is 2.68. The molecule has 3 rings (SSSR count). The van der Waals surface area contributed by atoms with Gasteiger partial charge in [0.1, 0.15) is 5.70 Å². The normalized spacial score (nSPS) is 15.3. The van der Waals surface area contributed by atoms with Crippen LogP contribution < -0.4 is 14.8 Å². The fraction of sp³-hybridized carbons (Fsp3) is 0.158. The van der Waals surface area contributed by atoms with Gasteiger partial charge in [0.15, 0.2) is 11.5 Å². The van der Waals surface area contributed by atoms with E-state index in [1.807, 2.05) is 6.07 Å². The molecule has 2 aromatic rings. The summed E-state index contributed by atoms with van der Waals surface area (Å²) in [5.41, 5.74) is 1.73. The van der Waals surface area contributed by atoms with Crippen LogP contribution in [-0.2, 0) is 11.3 Å². The monoisotopic (exact) mass is 498 g/mol. The van der Waals surface area contributed by atoms with Gasteiger partial charge in [0, 0.05) is 5.02 Å². The van der Waals surface area contributed by atoms with Gasteiger partial charge in [-0.25, -0.2) is 4.79 Å². The van der Waals surface area contributed by atoms with Gasteiger partial charge in [0.2, 0.25) is 0 Å². The van der Waals surface area contributed by atoms with E-state index in [0.717, 1.165) is 14.0 Å². The van der Waals surface area contributed by atoms with Gasteiger partial charge in [0.25, 0.3) is 5.91 Å². The van der Waals surface area contributed by atoms with Crippen molar-refractivity contribution in [2.24, 2.45) is 0 Å². The Labute approximate surface area is 175 Å². The maximum Gasteiger partial charge on any atom is 0.329 e. The number of methoxy groups -OCH3 is 2. The van der Waals surface area contributed by atoms with Crippen molar-refractivity contribution in [3.05, 3.63) is 61.8 Å². The second kappa shape index (κ2) is 8.18. The maximum atomic E-state index is 12.6. The van der Waals surface area contributed by atoms with Crippen LogP contribution in [0.4, 0.5) is 4.79 Å². The number of amides is 3. The molecule has 8 heteroatoms. The Morgan fingerprint density at radius 1 is 1.15 bits per heavy atom. The molecular formula is C19H16ClIN2O4. The Hall–Kier alpha value is -2.26. The lowest BCUT2D eigenvalue weighted by atomic mass is 10.1. The third kappa shape index (κ3) is 4.19. The van der Waals surface area contributed by atoms with Crippen molar-refractivity contribution in [2.45, 2.75) is 6.54 Å². The Morgan fingerprint density at radius 2 is 1.85 bits per heavy atom. The summed E-state index contributed by atoms with van der Waals surface area (Å²) < 4.78 is 11.5. The second-order valence-corrected chi connectivity index (χ2v) is 7.34. The number of urea groups is 1. The maximum absolute atomic E-state index is 12.6. The minimum Gasteiger partial charge on any atom is -0.493 e. The number of hydrogen-bond donors (Lipinski definition) is 1. The van der Waals surface area contributed by atoms with Crippen LogP contribution in [0.25, 0.3) is 6.08 Å². The van der Waals surface area contributed by atoms with E-state index in [-0.39, 0.29) is 18.1 Å². The summed E-state index contributed by atoms with van der Waals surface area (Å²) >= 11 is 7.99. The molecule has 140 valence electrons. The molecule has 0 unspecified atom stereocenters. The lowest BCUT2D eigenvalue weighted by Crippen LogP contribution is -2.30. The first-order valence-corrected chi connectivity index (χ1v) is 9.39. The van der Waals surface area contributed by atoms with E-state index in [1.54, 1.807) is 50.6 Å². The minimum absolute atomic E-state index is 0.169. The Kier molecular flexibility index (Phi) is 5.91. The molecule has 3 amide bonds. The lowest BCUT2D eigenvalue weighted by Gasteiger charge is -2.12. The molecule has 1 heterocycles. The molecular weight excluding hydrogens is 483 g/mol. The number of carbonyl (C=O) groups is 2. The molecule has 1 N–H and O–H groups in total. The Bertz CT molecular complexity index is 928. The molecule has 0 aromatic heterocycles. The highest BCUT2D eigenvalue weighted by atomic mass is 127. The number of benzene rings is 2. The average molecular weight is 499 g/mol. The Morgan fingerprint density at radius 3 is 2.48 bits per heavy atom. The summed E-state index contributed by atoms with van der Waals surface area (Å²) in [5.74, 6) is 0.775. The van der Waals surface area contributed by atoms with E-state index in [9.17, 15) is 9.59 Å². The first-order valence-electron chi connectivity index (χ1n) is 7.93. The molecule has 0 bridgehead atoms. The van der Waals surface area contributed by atoms with Crippen molar-refractivity contribution in [2.75, 3.05) is 14.2 Å². The highest BCUT2D eigenvalue weighted by Gasteiger charge is 2.33. The predicted molar refractivity (Wildman–Crippen MR) is 111 cm³/mol. The summed E-state index contributed by atoms with van der Waals surface area (Å²) in [6.45, 7) is 0.169. The Balaban J connectivity index is 1.86. The molecule has 0 radical (unpaired) electrons. The third-order valence-corrected chi connectivity index (χ3v) is 5.04. The number of nitrogens with zero attached hydrogens (tertiary/aromatic N) is 1. The van der Waals surface area contributed by atoms with Gasteiger partial charge < -0.3 is 14.8 Å². The summed E-state index contributed by atoms with van der Waals surface area (Å²) in [6.07, 6.45) is 1.62. The van der Waals surface area contributed by atoms with Gasteiger partial charge in [-0.3, -0.25) is 9.69 Å². The van der Waals surface area contributed by atoms with E-state index in [4.69, 9.17) is 21.1 Å². The van der Waals surface area contributed by atoms with Crippen molar-refractivity contribution in [1.29, 1.82) is 0 Å². The van der Waals surface area contributed by atoms with Crippen LogP contribution in [0.2, 0.25) is 5.02 Å². The fourth-order valence-corrected chi connectivity index (χ4v) is 3.65. The summed E-state index contributed by atoms with van der Waals surface area (Å²) in [5, 5.41) is 3.21. The van der Waals surface area contributed by atoms with Crippen LogP contribution in [0, 0.1) is 3.57 Å². The molecule has 1 aliphatic heterocycles. The molecule has 0 aliphatic carbocycles. The van der Waals surface area contributed by atoms with Crippen molar-refractivity contribution >= 4 is 52.2 Å². The van der Waals surface area contributed by atoms with E-state index < -0.39 is 6.03 Å². The van der Waals surface area contributed by atoms with Gasteiger partial charge in [-0.15, -0.1) is 0 Å². The van der Waals surface area contributed by atoms with Crippen molar-refractivity contribution in [3.8, 4) is 11.5 Å². The SMILES string of the molecule is COc1cc(/C=C2\NC(=O)N(Cc3ccc(Cl)cc3)C2=O)cc(I)c1OC. The number of rotatable bonds is 5. The van der Waals surface area contributed by atoms with E-state index in [1.165, 1.54) is 0 Å². The zero-order valence-corrected chi connectivity index (χ0v) is 17.5. The van der Waals surface area contributed by atoms with Crippen LogP contribution in [0.1, 0.15) is 11.1 Å². The summed E-state index contributed by atoms with van der Waals surface area (Å²) in [6, 6.07) is 10.1. The molecule has 1 aliphatic rings. The van der Waals surface area contributed by atoms with E-state index >= 15 is 0 Å². The molecule has 1 fully saturated rings. The highest BCUT2D eigenvalue weighted by molar-refractivity contribution is 14.1. The second-order valence-electron chi connectivity index (χ2n) is 5.74. The lowest BCUT2D eigenvalue weighted by molar-refractivity contribution is -0.123. The standard InChI is InChI=1S/C19H16ClIN2O4/c1-26-16-9-12(7-14(21)17(16)27-2)8-15-18(24)23(19(25)22-15)10-11-3-5-13(20)6-4-11/h3-9H,10H2,1-2H3,(H,22,25)/b15-8-. The van der Waals surface area contributed by atoms with Crippen molar-refractivity contribution < 1.29 is 19.1 Å². The molecule has 2 aromatic carbocycles. The van der Waals surface area contributed by atoms with Gasteiger partial charge in [-0.1, -0.05) is 23.7 Å². The average Bonchev–Trinajstić information content (AvgIpc) is 2.90. The molecule has 0 saturated carbocycles. The molecule has 0 spiro atoms. The van der Waals surface area contributed by atoms with Crippen LogP contribution in [0.15, 0.2) is 42.1 Å². The quantitative estimate of drug-likeness (QED) is 0.384. The predicted octanol–water partition coefficient (Wildman–Crippen LogP) is 4.05. The smallest absolute Gasteiger partial charge is 0.329 e. The van der Waals surface area contributed by atoms with Crippen LogP contribution in [0.3, 0.4) is 0 Å². The number of carbonyl (C=O) groups excluding carboxylic acids is 2. The zero-order valence-electron chi connectivity index (χ0n) is 14.6. The largest absolute Gasteiger partial charge is 0.493 e. The number of halogens is 2.